The fourth-order valence-electron chi connectivity index (χ4n) is 5.62. The molecule has 2 bridgehead atoms. The zero-order chi connectivity index (χ0) is 20.6. The number of carbonyl (C=O) groups excluding carboxylic acids is 2. The number of rotatable bonds is 4. The van der Waals surface area contributed by atoms with Gasteiger partial charge in [0.25, 0.3) is 17.5 Å². The molecule has 1 aromatic carbocycles. The van der Waals surface area contributed by atoms with Crippen LogP contribution in [0.2, 0.25) is 0 Å². The summed E-state index contributed by atoms with van der Waals surface area (Å²) < 4.78 is 5.71. The van der Waals surface area contributed by atoms with Crippen molar-refractivity contribution >= 4 is 23.7 Å². The predicted octanol–water partition coefficient (Wildman–Crippen LogP) is 3.39. The van der Waals surface area contributed by atoms with E-state index in [9.17, 15) is 19.7 Å². The molecule has 2 aromatic rings. The van der Waals surface area contributed by atoms with E-state index in [1.807, 2.05) is 0 Å². The van der Waals surface area contributed by atoms with Crippen molar-refractivity contribution in [2.75, 3.05) is 0 Å². The minimum Gasteiger partial charge on any atom is -0.455 e. The maximum absolute atomic E-state index is 12.9. The standard InChI is InChI=1S/C22H17N3O5/c26-20-18-15-6-7-16(22(15)9-10-22)19(18)21(27)24(20)23-11-14-5-8-17(30-14)12-1-3-13(4-2-12)25(28)29/h1-8,11,15-16,18-19H,9-10H2/b23-11-/t15-,16-,18-,19-/m1/s1. The molecule has 1 aromatic heterocycles. The smallest absolute Gasteiger partial charge is 0.269 e. The topological polar surface area (TPSA) is 106 Å². The molecule has 2 heterocycles. The number of fused-ring (bicyclic) bond motifs is 3. The van der Waals surface area contributed by atoms with Crippen molar-refractivity contribution in [2.24, 2.45) is 34.2 Å². The lowest BCUT2D eigenvalue weighted by molar-refractivity contribution is -0.384. The molecule has 0 N–H and O–H groups in total. The van der Waals surface area contributed by atoms with E-state index >= 15 is 0 Å². The number of furan rings is 1. The monoisotopic (exact) mass is 403 g/mol. The molecule has 3 aliphatic carbocycles. The Morgan fingerprint density at radius 2 is 1.67 bits per heavy atom. The third-order valence-electron chi connectivity index (χ3n) is 7.12. The Kier molecular flexibility index (Phi) is 3.32. The van der Waals surface area contributed by atoms with E-state index in [4.69, 9.17) is 4.42 Å². The molecule has 30 heavy (non-hydrogen) atoms. The van der Waals surface area contributed by atoms with Crippen LogP contribution in [0.15, 0.2) is 58.1 Å². The maximum atomic E-state index is 12.9. The van der Waals surface area contributed by atoms with Gasteiger partial charge in [0.1, 0.15) is 11.5 Å². The lowest BCUT2D eigenvalue weighted by Crippen LogP contribution is -2.30. The summed E-state index contributed by atoms with van der Waals surface area (Å²) in [5.74, 6) is 0.251. The fourth-order valence-corrected chi connectivity index (χ4v) is 5.62. The van der Waals surface area contributed by atoms with Gasteiger partial charge >= 0.3 is 0 Å². The molecule has 6 rings (SSSR count). The zero-order valence-electron chi connectivity index (χ0n) is 15.8. The molecule has 2 amide bonds. The predicted molar refractivity (Wildman–Crippen MR) is 105 cm³/mol. The van der Waals surface area contributed by atoms with Gasteiger partial charge in [-0.15, -0.1) is 0 Å². The van der Waals surface area contributed by atoms with Gasteiger partial charge in [0.15, 0.2) is 0 Å². The molecule has 3 fully saturated rings. The van der Waals surface area contributed by atoms with Crippen LogP contribution >= 0.6 is 0 Å². The molecule has 8 heteroatoms. The first-order valence-electron chi connectivity index (χ1n) is 9.94. The molecule has 1 spiro atoms. The summed E-state index contributed by atoms with van der Waals surface area (Å²) in [6.07, 6.45) is 7.82. The highest BCUT2D eigenvalue weighted by atomic mass is 16.6. The van der Waals surface area contributed by atoms with E-state index < -0.39 is 4.92 Å². The molecule has 4 atom stereocenters. The average Bonchev–Trinajstić information content (AvgIpc) is 3.03. The minimum absolute atomic E-state index is 0.000123. The zero-order valence-corrected chi connectivity index (χ0v) is 15.8. The summed E-state index contributed by atoms with van der Waals surface area (Å²) in [6.45, 7) is 0. The van der Waals surface area contributed by atoms with Crippen molar-refractivity contribution in [2.45, 2.75) is 12.8 Å². The number of nitro benzene ring substituents is 1. The highest BCUT2D eigenvalue weighted by Crippen LogP contribution is 2.73. The van der Waals surface area contributed by atoms with Crippen LogP contribution in [0.3, 0.4) is 0 Å². The molecule has 0 unspecified atom stereocenters. The van der Waals surface area contributed by atoms with Crippen LogP contribution in [0.5, 0.6) is 0 Å². The van der Waals surface area contributed by atoms with Crippen molar-refractivity contribution in [3.63, 3.8) is 0 Å². The Hall–Kier alpha value is -3.55. The summed E-state index contributed by atoms with van der Waals surface area (Å²) in [6, 6.07) is 9.40. The minimum atomic E-state index is -0.462. The van der Waals surface area contributed by atoms with Crippen LogP contribution in [-0.4, -0.2) is 28.0 Å². The van der Waals surface area contributed by atoms with Gasteiger partial charge in [-0.1, -0.05) is 12.2 Å². The first-order valence-corrected chi connectivity index (χ1v) is 9.94. The molecule has 0 radical (unpaired) electrons. The lowest BCUT2D eigenvalue weighted by atomic mass is 9.85. The highest BCUT2D eigenvalue weighted by Gasteiger charge is 2.73. The number of nitro groups is 1. The van der Waals surface area contributed by atoms with Gasteiger partial charge in [-0.2, -0.15) is 10.1 Å². The molecule has 1 saturated heterocycles. The Morgan fingerprint density at radius 1 is 1.03 bits per heavy atom. The second-order valence-corrected chi connectivity index (χ2v) is 8.46. The Balaban J connectivity index is 1.21. The quantitative estimate of drug-likeness (QED) is 0.256. The summed E-state index contributed by atoms with van der Waals surface area (Å²) in [5.41, 5.74) is 0.845. The number of non-ortho nitro benzene ring substituents is 1. The first kappa shape index (κ1) is 17.3. The summed E-state index contributed by atoms with van der Waals surface area (Å²) >= 11 is 0. The average molecular weight is 403 g/mol. The first-order chi connectivity index (χ1) is 14.5. The number of nitrogens with zero attached hydrogens (tertiary/aromatic N) is 3. The Bertz CT molecular complexity index is 1120. The highest BCUT2D eigenvalue weighted by molar-refractivity contribution is 6.07. The Labute approximate surface area is 171 Å². The second-order valence-electron chi connectivity index (χ2n) is 8.46. The van der Waals surface area contributed by atoms with E-state index in [2.05, 4.69) is 17.3 Å². The maximum Gasteiger partial charge on any atom is 0.269 e. The molecule has 150 valence electrons. The summed E-state index contributed by atoms with van der Waals surface area (Å²) in [7, 11) is 0. The fraction of sp³-hybridized carbons (Fsp3) is 0.318. The third kappa shape index (κ3) is 2.18. The lowest BCUT2D eigenvalue weighted by Gasteiger charge is -2.18. The number of allylic oxidation sites excluding steroid dienone is 2. The largest absolute Gasteiger partial charge is 0.455 e. The van der Waals surface area contributed by atoms with Gasteiger partial charge in [0, 0.05) is 17.7 Å². The van der Waals surface area contributed by atoms with Crippen LogP contribution in [0.1, 0.15) is 18.6 Å². The van der Waals surface area contributed by atoms with Gasteiger partial charge < -0.3 is 4.42 Å². The number of carbonyl (C=O) groups is 2. The SMILES string of the molecule is O=C1[C@H]2[C@H](C(=O)N1/N=C\c1ccc(-c3ccc([N+](=O)[O-])cc3)o1)[C@H]1C=C[C@H]2C12CC2. The van der Waals surface area contributed by atoms with E-state index in [0.717, 1.165) is 17.9 Å². The number of hydrazone groups is 1. The van der Waals surface area contributed by atoms with Gasteiger partial charge in [-0.3, -0.25) is 19.7 Å². The summed E-state index contributed by atoms with van der Waals surface area (Å²) in [4.78, 5) is 36.1. The molecule has 4 aliphatic rings. The van der Waals surface area contributed by atoms with Crippen molar-refractivity contribution in [3.05, 3.63) is 64.4 Å². The van der Waals surface area contributed by atoms with Crippen molar-refractivity contribution in [1.82, 2.24) is 5.01 Å². The molecule has 1 aliphatic heterocycles. The molecular formula is C22H17N3O5. The number of imide groups is 1. The molecule has 8 nitrogen and oxygen atoms in total. The molecular weight excluding hydrogens is 386 g/mol. The van der Waals surface area contributed by atoms with E-state index in [1.54, 1.807) is 24.3 Å². The van der Waals surface area contributed by atoms with E-state index in [1.165, 1.54) is 18.3 Å². The Morgan fingerprint density at radius 3 is 2.23 bits per heavy atom. The number of hydrogen-bond donors (Lipinski definition) is 0. The normalized spacial score (nSPS) is 30.1. The van der Waals surface area contributed by atoms with Gasteiger partial charge in [-0.05, 0) is 54.4 Å². The van der Waals surface area contributed by atoms with Gasteiger partial charge in [0.05, 0.1) is 23.0 Å². The van der Waals surface area contributed by atoms with Crippen LogP contribution < -0.4 is 0 Å². The second kappa shape index (κ2) is 5.75. The van der Waals surface area contributed by atoms with Gasteiger partial charge in [-0.25, -0.2) is 0 Å². The van der Waals surface area contributed by atoms with Crippen LogP contribution in [0.4, 0.5) is 5.69 Å². The van der Waals surface area contributed by atoms with Crippen LogP contribution in [-0.2, 0) is 9.59 Å². The number of amides is 2. The summed E-state index contributed by atoms with van der Waals surface area (Å²) in [5, 5.41) is 15.9. The van der Waals surface area contributed by atoms with Crippen molar-refractivity contribution in [1.29, 1.82) is 0 Å². The van der Waals surface area contributed by atoms with E-state index in [-0.39, 0.29) is 46.6 Å². The number of benzene rings is 1. The van der Waals surface area contributed by atoms with Crippen LogP contribution in [0, 0.1) is 39.2 Å². The van der Waals surface area contributed by atoms with Crippen molar-refractivity contribution in [3.8, 4) is 11.3 Å². The van der Waals surface area contributed by atoms with Crippen molar-refractivity contribution < 1.29 is 18.9 Å². The number of hydrogen-bond acceptors (Lipinski definition) is 6. The van der Waals surface area contributed by atoms with Crippen LogP contribution in [0.25, 0.3) is 11.3 Å². The van der Waals surface area contributed by atoms with Gasteiger partial charge in [0.2, 0.25) is 0 Å². The van der Waals surface area contributed by atoms with E-state index in [0.29, 0.717) is 17.1 Å². The third-order valence-corrected chi connectivity index (χ3v) is 7.12. The molecule has 2 saturated carbocycles.